The van der Waals surface area contributed by atoms with Gasteiger partial charge in [-0.05, 0) is 26.8 Å². The highest BCUT2D eigenvalue weighted by Gasteiger charge is 2.27. The van der Waals surface area contributed by atoms with Crippen molar-refractivity contribution >= 4 is 13.6 Å². The Morgan fingerprint density at radius 1 is 1.16 bits per heavy atom. The molecule has 6 nitrogen and oxygen atoms in total. The molecule has 0 aromatic carbocycles. The molecule has 0 aliphatic rings. The lowest BCUT2D eigenvalue weighted by Crippen LogP contribution is -2.29. The monoisotopic (exact) mass is 295 g/mol. The predicted octanol–water partition coefficient (Wildman–Crippen LogP) is 2.79. The summed E-state index contributed by atoms with van der Waals surface area (Å²) in [6.45, 7) is 7.28. The number of hydrogen-bond acceptors (Lipinski definition) is 5. The van der Waals surface area contributed by atoms with Gasteiger partial charge in [-0.25, -0.2) is 0 Å². The second kappa shape index (κ2) is 10.4. The van der Waals surface area contributed by atoms with Crippen molar-refractivity contribution in [1.29, 1.82) is 0 Å². The van der Waals surface area contributed by atoms with Crippen LogP contribution in [0.2, 0.25) is 0 Å². The molecule has 0 spiro atoms. The van der Waals surface area contributed by atoms with E-state index in [1.807, 2.05) is 4.90 Å². The SMILES string of the molecule is CCCCN(CCC(=O)O)CP(=O)(OCC)OCC. The average molecular weight is 295 g/mol. The molecular weight excluding hydrogens is 269 g/mol. The van der Waals surface area contributed by atoms with Gasteiger partial charge in [-0.1, -0.05) is 13.3 Å². The number of carboxylic acids is 1. The molecule has 0 saturated carbocycles. The Labute approximate surface area is 115 Å². The molecule has 0 unspecified atom stereocenters. The number of aliphatic carboxylic acids is 1. The molecule has 0 aromatic rings. The minimum Gasteiger partial charge on any atom is -0.481 e. The zero-order valence-electron chi connectivity index (χ0n) is 12.1. The van der Waals surface area contributed by atoms with Crippen LogP contribution < -0.4 is 0 Å². The molecule has 7 heteroatoms. The number of nitrogens with zero attached hydrogens (tertiary/aromatic N) is 1. The summed E-state index contributed by atoms with van der Waals surface area (Å²) in [5.41, 5.74) is 0. The second-order valence-electron chi connectivity index (χ2n) is 4.20. The molecule has 0 radical (unpaired) electrons. The van der Waals surface area contributed by atoms with E-state index >= 15 is 0 Å². The summed E-state index contributed by atoms with van der Waals surface area (Å²) in [7, 11) is -3.14. The molecule has 19 heavy (non-hydrogen) atoms. The molecule has 0 saturated heterocycles. The van der Waals surface area contributed by atoms with Gasteiger partial charge in [-0.3, -0.25) is 14.3 Å². The van der Waals surface area contributed by atoms with Crippen molar-refractivity contribution < 1.29 is 23.5 Å². The fraction of sp³-hybridized carbons (Fsp3) is 0.917. The Bertz CT molecular complexity index is 288. The molecule has 0 bridgehead atoms. The molecule has 0 rings (SSSR count). The Morgan fingerprint density at radius 2 is 1.74 bits per heavy atom. The van der Waals surface area contributed by atoms with Crippen molar-refractivity contribution in [3.8, 4) is 0 Å². The van der Waals surface area contributed by atoms with E-state index in [0.29, 0.717) is 26.3 Å². The summed E-state index contributed by atoms with van der Waals surface area (Å²) in [6.07, 6.45) is 2.11. The van der Waals surface area contributed by atoms with Crippen molar-refractivity contribution in [3.63, 3.8) is 0 Å². The Balaban J connectivity index is 4.54. The fourth-order valence-electron chi connectivity index (χ4n) is 1.65. The van der Waals surface area contributed by atoms with E-state index in [0.717, 1.165) is 12.8 Å². The number of carboxylic acid groups (broad SMARTS) is 1. The van der Waals surface area contributed by atoms with E-state index in [1.165, 1.54) is 0 Å². The summed E-state index contributed by atoms with van der Waals surface area (Å²) in [5, 5.41) is 8.73. The summed E-state index contributed by atoms with van der Waals surface area (Å²) in [6, 6.07) is 0. The normalized spacial score (nSPS) is 12.0. The molecule has 1 N–H and O–H groups in total. The third-order valence-corrected chi connectivity index (χ3v) is 4.54. The van der Waals surface area contributed by atoms with Crippen molar-refractivity contribution in [2.45, 2.75) is 40.0 Å². The van der Waals surface area contributed by atoms with Crippen LogP contribution in [0.3, 0.4) is 0 Å². The van der Waals surface area contributed by atoms with Gasteiger partial charge in [0, 0.05) is 6.54 Å². The predicted molar refractivity (Wildman–Crippen MR) is 74.5 cm³/mol. The van der Waals surface area contributed by atoms with Crippen LogP contribution in [0.1, 0.15) is 40.0 Å². The molecule has 0 aromatic heterocycles. The molecule has 0 aliphatic heterocycles. The summed E-state index contributed by atoms with van der Waals surface area (Å²) in [4.78, 5) is 12.5. The maximum absolute atomic E-state index is 12.4. The van der Waals surface area contributed by atoms with Crippen LogP contribution in [-0.4, -0.2) is 48.6 Å². The topological polar surface area (TPSA) is 76.1 Å². The minimum absolute atomic E-state index is 0.0297. The molecule has 0 fully saturated rings. The van der Waals surface area contributed by atoms with E-state index in [2.05, 4.69) is 6.92 Å². The number of unbranched alkanes of at least 4 members (excludes halogenated alkanes) is 1. The smallest absolute Gasteiger partial charge is 0.344 e. The highest BCUT2D eigenvalue weighted by molar-refractivity contribution is 7.53. The standard InChI is InChI=1S/C12H26NO5P/c1-4-7-9-13(10-8-12(14)15)11-19(16,17-5-2)18-6-3/h4-11H2,1-3H3,(H,14,15). The summed E-state index contributed by atoms with van der Waals surface area (Å²) < 4.78 is 22.9. The Kier molecular flexibility index (Phi) is 10.1. The van der Waals surface area contributed by atoms with Gasteiger partial charge in [0.1, 0.15) is 6.29 Å². The van der Waals surface area contributed by atoms with Crippen LogP contribution in [0.25, 0.3) is 0 Å². The van der Waals surface area contributed by atoms with E-state index in [9.17, 15) is 9.36 Å². The van der Waals surface area contributed by atoms with E-state index in [1.54, 1.807) is 13.8 Å². The number of hydrogen-bond donors (Lipinski definition) is 1. The molecule has 114 valence electrons. The summed E-state index contributed by atoms with van der Waals surface area (Å²) in [5.74, 6) is -0.857. The van der Waals surface area contributed by atoms with Gasteiger partial charge in [0.25, 0.3) is 0 Å². The van der Waals surface area contributed by atoms with Gasteiger partial charge in [0.15, 0.2) is 0 Å². The number of rotatable bonds is 12. The highest BCUT2D eigenvalue weighted by atomic mass is 31.2. The van der Waals surface area contributed by atoms with Gasteiger partial charge in [-0.2, -0.15) is 0 Å². The van der Waals surface area contributed by atoms with E-state index in [-0.39, 0.29) is 12.7 Å². The van der Waals surface area contributed by atoms with Gasteiger partial charge in [0.2, 0.25) is 0 Å². The molecule has 0 aliphatic carbocycles. The lowest BCUT2D eigenvalue weighted by atomic mass is 10.3. The maximum Gasteiger partial charge on any atom is 0.344 e. The molecular formula is C12H26NO5P. The zero-order chi connectivity index (χ0) is 14.7. The average Bonchev–Trinajstić information content (AvgIpc) is 2.33. The maximum atomic E-state index is 12.4. The fourth-order valence-corrected chi connectivity index (χ4v) is 3.44. The van der Waals surface area contributed by atoms with Crippen molar-refractivity contribution in [3.05, 3.63) is 0 Å². The lowest BCUT2D eigenvalue weighted by Gasteiger charge is -2.26. The van der Waals surface area contributed by atoms with Gasteiger partial charge < -0.3 is 14.2 Å². The van der Waals surface area contributed by atoms with Crippen LogP contribution in [0.15, 0.2) is 0 Å². The van der Waals surface area contributed by atoms with Gasteiger partial charge in [0.05, 0.1) is 19.6 Å². The van der Waals surface area contributed by atoms with Gasteiger partial charge >= 0.3 is 13.6 Å². The van der Waals surface area contributed by atoms with E-state index < -0.39 is 13.6 Å². The van der Waals surface area contributed by atoms with Crippen molar-refractivity contribution in [1.82, 2.24) is 4.90 Å². The van der Waals surface area contributed by atoms with Crippen LogP contribution in [0, 0.1) is 0 Å². The van der Waals surface area contributed by atoms with Crippen molar-refractivity contribution in [2.24, 2.45) is 0 Å². The largest absolute Gasteiger partial charge is 0.481 e. The third kappa shape index (κ3) is 9.16. The van der Waals surface area contributed by atoms with Gasteiger partial charge in [-0.15, -0.1) is 0 Å². The first-order valence-corrected chi connectivity index (χ1v) is 8.52. The van der Waals surface area contributed by atoms with Crippen LogP contribution in [-0.2, 0) is 18.4 Å². The van der Waals surface area contributed by atoms with E-state index in [4.69, 9.17) is 14.2 Å². The first-order chi connectivity index (χ1) is 8.97. The first-order valence-electron chi connectivity index (χ1n) is 6.79. The number of carbonyl (C=O) groups is 1. The molecule has 0 amide bonds. The van der Waals surface area contributed by atoms with Crippen LogP contribution in [0.5, 0.6) is 0 Å². The van der Waals surface area contributed by atoms with Crippen LogP contribution >= 0.6 is 7.60 Å². The lowest BCUT2D eigenvalue weighted by molar-refractivity contribution is -0.137. The molecule has 0 atom stereocenters. The highest BCUT2D eigenvalue weighted by Crippen LogP contribution is 2.48. The third-order valence-electron chi connectivity index (χ3n) is 2.49. The Hall–Kier alpha value is -0.420. The minimum atomic E-state index is -3.14. The summed E-state index contributed by atoms with van der Waals surface area (Å²) >= 11 is 0. The molecule has 0 heterocycles. The quantitative estimate of drug-likeness (QED) is 0.558. The first kappa shape index (κ1) is 18.6. The second-order valence-corrected chi connectivity index (χ2v) is 6.22. The van der Waals surface area contributed by atoms with Crippen molar-refractivity contribution in [2.75, 3.05) is 32.6 Å². The Morgan fingerprint density at radius 3 is 2.16 bits per heavy atom. The van der Waals surface area contributed by atoms with Crippen LogP contribution in [0.4, 0.5) is 0 Å². The zero-order valence-corrected chi connectivity index (χ0v) is 13.0.